The SMILES string of the molecule is CCCNc1ncnc(NC2CCC(SC)C2)c1[N+](=O)[O-]. The minimum atomic E-state index is -0.415. The van der Waals surface area contributed by atoms with E-state index in [2.05, 4.69) is 26.9 Å². The van der Waals surface area contributed by atoms with Crippen LogP contribution in [0.25, 0.3) is 0 Å². The van der Waals surface area contributed by atoms with E-state index < -0.39 is 4.92 Å². The van der Waals surface area contributed by atoms with Gasteiger partial charge in [0.25, 0.3) is 0 Å². The van der Waals surface area contributed by atoms with Crippen LogP contribution in [-0.2, 0) is 0 Å². The standard InChI is InChI=1S/C13H21N5O2S/c1-3-6-14-12-11(18(19)20)13(16-8-15-12)17-9-4-5-10(7-9)21-2/h8-10H,3-7H2,1-2H3,(H2,14,15,16,17). The summed E-state index contributed by atoms with van der Waals surface area (Å²) < 4.78 is 0. The van der Waals surface area contributed by atoms with Crippen molar-refractivity contribution in [3.8, 4) is 0 Å². The Kier molecular flexibility index (Phi) is 5.60. The minimum Gasteiger partial charge on any atom is -0.364 e. The van der Waals surface area contributed by atoms with E-state index in [0.29, 0.717) is 23.4 Å². The molecule has 0 bridgehead atoms. The van der Waals surface area contributed by atoms with Crippen LogP contribution in [0.2, 0.25) is 0 Å². The fourth-order valence-corrected chi connectivity index (χ4v) is 3.31. The Balaban J connectivity index is 2.16. The van der Waals surface area contributed by atoms with Gasteiger partial charge < -0.3 is 10.6 Å². The predicted molar refractivity (Wildman–Crippen MR) is 86.0 cm³/mol. The summed E-state index contributed by atoms with van der Waals surface area (Å²) in [7, 11) is 0. The molecule has 1 aliphatic rings. The highest BCUT2D eigenvalue weighted by atomic mass is 32.2. The summed E-state index contributed by atoms with van der Waals surface area (Å²) in [5.41, 5.74) is -0.0569. The van der Waals surface area contributed by atoms with Crippen LogP contribution in [0.4, 0.5) is 17.3 Å². The maximum atomic E-state index is 11.3. The molecule has 2 rings (SSSR count). The fourth-order valence-electron chi connectivity index (χ4n) is 2.51. The number of anilines is 2. The van der Waals surface area contributed by atoms with Crippen molar-refractivity contribution < 1.29 is 4.92 Å². The minimum absolute atomic E-state index is 0.0569. The summed E-state index contributed by atoms with van der Waals surface area (Å²) in [6.45, 7) is 2.65. The average molecular weight is 311 g/mol. The van der Waals surface area contributed by atoms with Crippen LogP contribution in [-0.4, -0.2) is 39.0 Å². The third-order valence-electron chi connectivity index (χ3n) is 3.61. The van der Waals surface area contributed by atoms with Crippen molar-refractivity contribution in [3.63, 3.8) is 0 Å². The maximum absolute atomic E-state index is 11.3. The van der Waals surface area contributed by atoms with Gasteiger partial charge in [-0.05, 0) is 31.9 Å². The Labute approximate surface area is 128 Å². The lowest BCUT2D eigenvalue weighted by molar-refractivity contribution is -0.383. The van der Waals surface area contributed by atoms with Gasteiger partial charge in [-0.25, -0.2) is 9.97 Å². The van der Waals surface area contributed by atoms with Crippen LogP contribution in [0.5, 0.6) is 0 Å². The van der Waals surface area contributed by atoms with Gasteiger partial charge in [-0.15, -0.1) is 0 Å². The molecule has 1 heterocycles. The number of aromatic nitrogens is 2. The van der Waals surface area contributed by atoms with E-state index >= 15 is 0 Å². The van der Waals surface area contributed by atoms with Crippen LogP contribution >= 0.6 is 11.8 Å². The second kappa shape index (κ2) is 7.44. The molecule has 7 nitrogen and oxygen atoms in total. The van der Waals surface area contributed by atoms with E-state index in [1.54, 1.807) is 0 Å². The summed E-state index contributed by atoms with van der Waals surface area (Å²) >= 11 is 1.85. The molecule has 0 aromatic carbocycles. The first-order chi connectivity index (χ1) is 10.2. The zero-order valence-corrected chi connectivity index (χ0v) is 13.2. The number of thioether (sulfide) groups is 1. The smallest absolute Gasteiger partial charge is 0.353 e. The molecule has 2 N–H and O–H groups in total. The van der Waals surface area contributed by atoms with Gasteiger partial charge in [0.15, 0.2) is 0 Å². The first-order valence-electron chi connectivity index (χ1n) is 7.18. The first-order valence-corrected chi connectivity index (χ1v) is 8.47. The molecule has 21 heavy (non-hydrogen) atoms. The second-order valence-electron chi connectivity index (χ2n) is 5.12. The lowest BCUT2D eigenvalue weighted by Gasteiger charge is -2.14. The number of hydrogen-bond donors (Lipinski definition) is 2. The highest BCUT2D eigenvalue weighted by Crippen LogP contribution is 2.34. The monoisotopic (exact) mass is 311 g/mol. The third-order valence-corrected chi connectivity index (χ3v) is 4.70. The molecular formula is C13H21N5O2S. The Morgan fingerprint density at radius 3 is 2.81 bits per heavy atom. The molecule has 0 aliphatic heterocycles. The lowest BCUT2D eigenvalue weighted by atomic mass is 10.2. The summed E-state index contributed by atoms with van der Waals surface area (Å²) in [6.07, 6.45) is 7.52. The molecule has 0 spiro atoms. The van der Waals surface area contributed by atoms with Crippen LogP contribution in [0, 0.1) is 10.1 Å². The van der Waals surface area contributed by atoms with Crippen molar-refractivity contribution >= 4 is 29.1 Å². The predicted octanol–water partition coefficient (Wildman–Crippen LogP) is 2.90. The Morgan fingerprint density at radius 2 is 2.19 bits per heavy atom. The zero-order valence-electron chi connectivity index (χ0n) is 12.3. The molecule has 1 fully saturated rings. The largest absolute Gasteiger partial charge is 0.364 e. The molecule has 0 amide bonds. The number of nitrogens with one attached hydrogen (secondary N) is 2. The van der Waals surface area contributed by atoms with Gasteiger partial charge in [0.1, 0.15) is 6.33 Å². The van der Waals surface area contributed by atoms with Gasteiger partial charge in [0.05, 0.1) is 4.92 Å². The molecule has 116 valence electrons. The van der Waals surface area contributed by atoms with Gasteiger partial charge in [-0.3, -0.25) is 10.1 Å². The quantitative estimate of drug-likeness (QED) is 0.590. The van der Waals surface area contributed by atoms with Gasteiger partial charge in [0, 0.05) is 17.8 Å². The molecule has 2 unspecified atom stereocenters. The number of nitro groups is 1. The number of nitrogens with zero attached hydrogens (tertiary/aromatic N) is 3. The number of hydrogen-bond acceptors (Lipinski definition) is 7. The molecule has 0 saturated heterocycles. The van der Waals surface area contributed by atoms with Gasteiger partial charge in [-0.2, -0.15) is 11.8 Å². The van der Waals surface area contributed by atoms with Crippen molar-refractivity contribution in [3.05, 3.63) is 16.4 Å². The lowest BCUT2D eigenvalue weighted by Crippen LogP contribution is -2.19. The molecule has 0 radical (unpaired) electrons. The molecular weight excluding hydrogens is 290 g/mol. The normalized spacial score (nSPS) is 21.2. The van der Waals surface area contributed by atoms with Crippen LogP contribution in [0.3, 0.4) is 0 Å². The highest BCUT2D eigenvalue weighted by Gasteiger charge is 2.28. The average Bonchev–Trinajstić information content (AvgIpc) is 2.92. The van der Waals surface area contributed by atoms with Crippen molar-refractivity contribution in [2.75, 3.05) is 23.4 Å². The summed E-state index contributed by atoms with van der Waals surface area (Å²) in [5, 5.41) is 18.2. The fraction of sp³-hybridized carbons (Fsp3) is 0.692. The topological polar surface area (TPSA) is 93.0 Å². The summed E-state index contributed by atoms with van der Waals surface area (Å²) in [5.74, 6) is 0.610. The molecule has 2 atom stereocenters. The Hall–Kier alpha value is -1.57. The second-order valence-corrected chi connectivity index (χ2v) is 6.25. The van der Waals surface area contributed by atoms with Crippen LogP contribution in [0.15, 0.2) is 6.33 Å². The third kappa shape index (κ3) is 3.96. The maximum Gasteiger partial charge on any atom is 0.353 e. The summed E-state index contributed by atoms with van der Waals surface area (Å²) in [4.78, 5) is 19.0. The Bertz CT molecular complexity index is 499. The van der Waals surface area contributed by atoms with Gasteiger partial charge >= 0.3 is 5.69 Å². The van der Waals surface area contributed by atoms with Crippen molar-refractivity contribution in [2.24, 2.45) is 0 Å². The van der Waals surface area contributed by atoms with Crippen molar-refractivity contribution in [1.29, 1.82) is 0 Å². The van der Waals surface area contributed by atoms with Crippen molar-refractivity contribution in [2.45, 2.75) is 43.9 Å². The van der Waals surface area contributed by atoms with E-state index in [1.807, 2.05) is 18.7 Å². The van der Waals surface area contributed by atoms with E-state index in [1.165, 1.54) is 6.33 Å². The van der Waals surface area contributed by atoms with Crippen LogP contribution in [0.1, 0.15) is 32.6 Å². The molecule has 1 aromatic rings. The molecule has 1 aromatic heterocycles. The molecule has 1 saturated carbocycles. The Morgan fingerprint density at radius 1 is 1.43 bits per heavy atom. The van der Waals surface area contributed by atoms with E-state index in [0.717, 1.165) is 25.7 Å². The van der Waals surface area contributed by atoms with E-state index in [9.17, 15) is 10.1 Å². The van der Waals surface area contributed by atoms with E-state index in [4.69, 9.17) is 0 Å². The van der Waals surface area contributed by atoms with Crippen molar-refractivity contribution in [1.82, 2.24) is 9.97 Å². The summed E-state index contributed by atoms with van der Waals surface area (Å²) in [6, 6.07) is 0.245. The number of rotatable bonds is 7. The molecule has 8 heteroatoms. The van der Waals surface area contributed by atoms with Crippen LogP contribution < -0.4 is 10.6 Å². The molecule has 1 aliphatic carbocycles. The highest BCUT2D eigenvalue weighted by molar-refractivity contribution is 7.99. The van der Waals surface area contributed by atoms with Gasteiger partial charge in [0.2, 0.25) is 11.6 Å². The first kappa shape index (κ1) is 15.8. The van der Waals surface area contributed by atoms with Gasteiger partial charge in [-0.1, -0.05) is 6.92 Å². The van der Waals surface area contributed by atoms with E-state index in [-0.39, 0.29) is 11.7 Å². The zero-order chi connectivity index (χ0) is 15.2.